The Balaban J connectivity index is 1.05. The monoisotopic (exact) mass is 482 g/mol. The molecular formula is C29H26N2O5. The van der Waals surface area contributed by atoms with Gasteiger partial charge in [0.2, 0.25) is 17.7 Å². The van der Waals surface area contributed by atoms with Crippen molar-refractivity contribution < 1.29 is 23.9 Å². The van der Waals surface area contributed by atoms with E-state index < -0.39 is 11.9 Å². The molecule has 6 aliphatic rings. The molecule has 7 nitrogen and oxygen atoms in total. The molecule has 7 heteroatoms. The second-order valence-electron chi connectivity index (χ2n) is 10.7. The maximum atomic E-state index is 13.4. The van der Waals surface area contributed by atoms with Crippen LogP contribution in [-0.2, 0) is 25.7 Å². The minimum atomic E-state index is -0.559. The van der Waals surface area contributed by atoms with Gasteiger partial charge in [-0.2, -0.15) is 0 Å². The molecule has 0 radical (unpaired) electrons. The quantitative estimate of drug-likeness (QED) is 0.283. The lowest BCUT2D eigenvalue weighted by Crippen LogP contribution is -2.40. The molecule has 0 N–H and O–H groups in total. The Bertz CT molecular complexity index is 1280. The molecule has 2 heterocycles. The number of anilines is 1. The van der Waals surface area contributed by atoms with Gasteiger partial charge in [-0.05, 0) is 47.8 Å². The number of carbonyl (C=O) groups excluding carboxylic acids is 4. The van der Waals surface area contributed by atoms with Crippen LogP contribution in [0.4, 0.5) is 5.69 Å². The second-order valence-corrected chi connectivity index (χ2v) is 10.7. The Morgan fingerprint density at radius 3 is 2.28 bits per heavy atom. The molecule has 0 spiro atoms. The number of hydrogen-bond donors (Lipinski definition) is 0. The van der Waals surface area contributed by atoms with Gasteiger partial charge in [-0.3, -0.25) is 19.2 Å². The zero-order valence-corrected chi connectivity index (χ0v) is 19.7. The van der Waals surface area contributed by atoms with Gasteiger partial charge < -0.3 is 9.64 Å². The van der Waals surface area contributed by atoms with Crippen molar-refractivity contribution in [1.82, 2.24) is 4.90 Å². The van der Waals surface area contributed by atoms with Gasteiger partial charge in [0.05, 0.1) is 23.4 Å². The summed E-state index contributed by atoms with van der Waals surface area (Å²) in [6.45, 7) is 0.760. The van der Waals surface area contributed by atoms with Crippen LogP contribution in [-0.4, -0.2) is 35.1 Å². The summed E-state index contributed by atoms with van der Waals surface area (Å²) in [7, 11) is 0. The van der Waals surface area contributed by atoms with Crippen LogP contribution in [0.1, 0.15) is 18.4 Å². The predicted molar refractivity (Wildman–Crippen MR) is 129 cm³/mol. The first kappa shape index (κ1) is 21.5. The molecule has 2 aliphatic heterocycles. The van der Waals surface area contributed by atoms with Crippen LogP contribution in [0.3, 0.4) is 0 Å². The van der Waals surface area contributed by atoms with E-state index in [0.29, 0.717) is 30.6 Å². The van der Waals surface area contributed by atoms with E-state index in [-0.39, 0.29) is 53.6 Å². The van der Waals surface area contributed by atoms with E-state index >= 15 is 0 Å². The molecular weight excluding hydrogens is 456 g/mol. The number of ether oxygens (including phenoxy) is 1. The molecule has 7 atom stereocenters. The highest BCUT2D eigenvalue weighted by Gasteiger charge is 2.67. The fourth-order valence-corrected chi connectivity index (χ4v) is 6.98. The SMILES string of the molecule is O=C(Oc1cccc(N2C(=O)C3C4C=CC(C5CC45)C3C2=O)c1)C1CC(=O)N(Cc2ccccc2)C1. The predicted octanol–water partition coefficient (Wildman–Crippen LogP) is 3.20. The van der Waals surface area contributed by atoms with E-state index in [1.54, 1.807) is 29.2 Å². The topological polar surface area (TPSA) is 84.0 Å². The fourth-order valence-electron chi connectivity index (χ4n) is 6.98. The molecule has 2 saturated carbocycles. The number of likely N-dealkylation sites (tertiary alicyclic amines) is 1. The van der Waals surface area contributed by atoms with E-state index in [9.17, 15) is 19.2 Å². The van der Waals surface area contributed by atoms with Crippen LogP contribution in [0.5, 0.6) is 5.75 Å². The summed E-state index contributed by atoms with van der Waals surface area (Å²) in [5.74, 6) is -0.281. The Kier molecular flexibility index (Phi) is 4.72. The molecule has 3 amide bonds. The third kappa shape index (κ3) is 3.25. The minimum absolute atomic E-state index is 0.0771. The van der Waals surface area contributed by atoms with Gasteiger partial charge in [0, 0.05) is 25.6 Å². The highest BCUT2D eigenvalue weighted by Crippen LogP contribution is 2.65. The Morgan fingerprint density at radius 2 is 1.58 bits per heavy atom. The number of imide groups is 1. The van der Waals surface area contributed by atoms with Crippen LogP contribution >= 0.6 is 0 Å². The number of amides is 3. The van der Waals surface area contributed by atoms with E-state index in [4.69, 9.17) is 4.74 Å². The standard InChI is InChI=1S/C29H26N2O5/c32-24-11-17(15-30(24)14-16-5-2-1-3-6-16)29(35)36-19-8-4-7-18(12-19)31-27(33)25-20-9-10-21(23-13-22(20)23)26(25)28(31)34/h1-10,12,17,20-23,25-26H,11,13-15H2. The van der Waals surface area contributed by atoms with E-state index in [0.717, 1.165) is 12.0 Å². The molecule has 7 unspecified atom stereocenters. The molecule has 2 bridgehead atoms. The van der Waals surface area contributed by atoms with E-state index in [2.05, 4.69) is 12.2 Å². The highest BCUT2D eigenvalue weighted by atomic mass is 16.5. The molecule has 4 fully saturated rings. The number of esters is 1. The van der Waals surface area contributed by atoms with Gasteiger partial charge in [-0.25, -0.2) is 4.90 Å². The van der Waals surface area contributed by atoms with Gasteiger partial charge in [0.25, 0.3) is 0 Å². The van der Waals surface area contributed by atoms with Crippen molar-refractivity contribution in [1.29, 1.82) is 0 Å². The average molecular weight is 483 g/mol. The molecule has 182 valence electrons. The number of allylic oxidation sites excluding steroid dienone is 2. The van der Waals surface area contributed by atoms with E-state index in [1.807, 2.05) is 30.3 Å². The summed E-state index contributed by atoms with van der Waals surface area (Å²) in [6.07, 6.45) is 5.53. The van der Waals surface area contributed by atoms with Gasteiger partial charge >= 0.3 is 5.97 Å². The molecule has 2 aromatic rings. The minimum Gasteiger partial charge on any atom is -0.426 e. The summed E-state index contributed by atoms with van der Waals surface area (Å²) in [6, 6.07) is 16.3. The lowest BCUT2D eigenvalue weighted by molar-refractivity contribution is -0.139. The molecule has 36 heavy (non-hydrogen) atoms. The average Bonchev–Trinajstić information content (AvgIpc) is 3.57. The second kappa shape index (κ2) is 7.88. The number of nitrogens with zero attached hydrogens (tertiary/aromatic N) is 2. The number of rotatable bonds is 5. The van der Waals surface area contributed by atoms with Crippen molar-refractivity contribution >= 4 is 29.4 Å². The van der Waals surface area contributed by atoms with Crippen LogP contribution in [0, 0.1) is 41.4 Å². The van der Waals surface area contributed by atoms with Gasteiger partial charge in [0.15, 0.2) is 0 Å². The highest BCUT2D eigenvalue weighted by molar-refractivity contribution is 6.22. The van der Waals surface area contributed by atoms with Gasteiger partial charge in [-0.15, -0.1) is 0 Å². The number of carbonyl (C=O) groups is 4. The maximum Gasteiger partial charge on any atom is 0.316 e. The Morgan fingerprint density at radius 1 is 0.889 bits per heavy atom. The lowest BCUT2D eigenvalue weighted by atomic mass is 9.63. The van der Waals surface area contributed by atoms with Crippen LogP contribution < -0.4 is 9.64 Å². The lowest BCUT2D eigenvalue weighted by Gasteiger charge is -2.37. The molecule has 0 aromatic heterocycles. The number of hydrogen-bond acceptors (Lipinski definition) is 5. The summed E-state index contributed by atoms with van der Waals surface area (Å²) >= 11 is 0. The third-order valence-electron chi connectivity index (χ3n) is 8.72. The Hall–Kier alpha value is -3.74. The number of benzene rings is 2. The molecule has 2 aromatic carbocycles. The summed E-state index contributed by atoms with van der Waals surface area (Å²) < 4.78 is 5.63. The zero-order chi connectivity index (χ0) is 24.6. The van der Waals surface area contributed by atoms with Crippen molar-refractivity contribution in [3.8, 4) is 5.75 Å². The molecule has 2 saturated heterocycles. The summed E-state index contributed by atoms with van der Waals surface area (Å²) in [4.78, 5) is 55.1. The van der Waals surface area contributed by atoms with Gasteiger partial charge in [-0.1, -0.05) is 48.6 Å². The van der Waals surface area contributed by atoms with Crippen molar-refractivity contribution in [3.05, 3.63) is 72.3 Å². The first-order valence-electron chi connectivity index (χ1n) is 12.7. The first-order chi connectivity index (χ1) is 17.5. The smallest absolute Gasteiger partial charge is 0.316 e. The fraction of sp³-hybridized carbons (Fsp3) is 0.379. The van der Waals surface area contributed by atoms with Crippen LogP contribution in [0.2, 0.25) is 0 Å². The molecule has 8 rings (SSSR count). The van der Waals surface area contributed by atoms with Crippen molar-refractivity contribution in [2.75, 3.05) is 11.4 Å². The Labute approximate surface area is 208 Å². The molecule has 4 aliphatic carbocycles. The van der Waals surface area contributed by atoms with Gasteiger partial charge in [0.1, 0.15) is 5.75 Å². The largest absolute Gasteiger partial charge is 0.426 e. The van der Waals surface area contributed by atoms with E-state index in [1.165, 1.54) is 4.90 Å². The maximum absolute atomic E-state index is 13.4. The van der Waals surface area contributed by atoms with Crippen molar-refractivity contribution in [2.24, 2.45) is 41.4 Å². The normalized spacial score (nSPS) is 33.7. The third-order valence-corrected chi connectivity index (χ3v) is 8.72. The zero-order valence-electron chi connectivity index (χ0n) is 19.7. The summed E-state index contributed by atoms with van der Waals surface area (Å²) in [5, 5.41) is 0. The summed E-state index contributed by atoms with van der Waals surface area (Å²) in [5.41, 5.74) is 1.44. The van der Waals surface area contributed by atoms with Crippen molar-refractivity contribution in [2.45, 2.75) is 19.4 Å². The van der Waals surface area contributed by atoms with Crippen LogP contribution in [0.25, 0.3) is 0 Å². The van der Waals surface area contributed by atoms with Crippen molar-refractivity contribution in [3.63, 3.8) is 0 Å². The first-order valence-corrected chi connectivity index (χ1v) is 12.7. The van der Waals surface area contributed by atoms with Crippen LogP contribution in [0.15, 0.2) is 66.7 Å².